The first-order valence-corrected chi connectivity index (χ1v) is 6.20. The summed E-state index contributed by atoms with van der Waals surface area (Å²) in [6.07, 6.45) is 0. The van der Waals surface area contributed by atoms with Crippen molar-refractivity contribution in [1.82, 2.24) is 0 Å². The monoisotopic (exact) mass is 326 g/mol. The van der Waals surface area contributed by atoms with Crippen molar-refractivity contribution in [2.24, 2.45) is 0 Å². The maximum atomic E-state index is 13.5. The number of ketones is 1. The van der Waals surface area contributed by atoms with Crippen molar-refractivity contribution >= 4 is 21.7 Å². The number of Topliss-reactive ketones (excluding diaryl/α,β-unsaturated/α-hetero) is 1. The first kappa shape index (κ1) is 13.7. The van der Waals surface area contributed by atoms with E-state index in [1.807, 2.05) is 0 Å². The number of ether oxygens (including phenoxy) is 1. The Kier molecular flexibility index (Phi) is 3.95. The molecule has 0 aliphatic heterocycles. The molecule has 0 aromatic heterocycles. The molecule has 19 heavy (non-hydrogen) atoms. The highest BCUT2D eigenvalue weighted by Gasteiger charge is 2.12. The Morgan fingerprint density at radius 2 is 1.95 bits per heavy atom. The molecule has 0 saturated heterocycles. The van der Waals surface area contributed by atoms with Crippen LogP contribution in [0.4, 0.5) is 8.78 Å². The van der Waals surface area contributed by atoms with Crippen LogP contribution in [0.15, 0.2) is 40.9 Å². The molecule has 0 saturated carbocycles. The fraction of sp³-hybridized carbons (Fsp3) is 0.0714. The van der Waals surface area contributed by atoms with E-state index in [1.165, 1.54) is 19.1 Å². The molecule has 0 bridgehead atoms. The van der Waals surface area contributed by atoms with E-state index in [2.05, 4.69) is 15.9 Å². The molecule has 2 aromatic rings. The van der Waals surface area contributed by atoms with Crippen LogP contribution in [-0.2, 0) is 0 Å². The molecule has 0 fully saturated rings. The van der Waals surface area contributed by atoms with E-state index in [0.29, 0.717) is 10.0 Å². The summed E-state index contributed by atoms with van der Waals surface area (Å²) in [5, 5.41) is 0. The Bertz CT molecular complexity index is 641. The molecular weight excluding hydrogens is 318 g/mol. The van der Waals surface area contributed by atoms with Gasteiger partial charge < -0.3 is 4.74 Å². The smallest absolute Gasteiger partial charge is 0.201 e. The summed E-state index contributed by atoms with van der Waals surface area (Å²) in [7, 11) is 0. The summed E-state index contributed by atoms with van der Waals surface area (Å²) < 4.78 is 32.4. The van der Waals surface area contributed by atoms with Crippen LogP contribution in [-0.4, -0.2) is 5.78 Å². The minimum atomic E-state index is -1.07. The molecule has 98 valence electrons. The van der Waals surface area contributed by atoms with Crippen LogP contribution in [0.1, 0.15) is 17.3 Å². The lowest BCUT2D eigenvalue weighted by molar-refractivity contribution is 0.101. The summed E-state index contributed by atoms with van der Waals surface area (Å²) in [5.41, 5.74) is 0.438. The quantitative estimate of drug-likeness (QED) is 0.602. The predicted molar refractivity (Wildman–Crippen MR) is 70.6 cm³/mol. The van der Waals surface area contributed by atoms with Gasteiger partial charge in [-0.15, -0.1) is 0 Å². The second-order valence-electron chi connectivity index (χ2n) is 3.89. The van der Waals surface area contributed by atoms with E-state index < -0.39 is 11.6 Å². The van der Waals surface area contributed by atoms with Gasteiger partial charge in [0.25, 0.3) is 0 Å². The van der Waals surface area contributed by atoms with Crippen molar-refractivity contribution in [3.8, 4) is 11.5 Å². The third-order valence-electron chi connectivity index (χ3n) is 2.43. The Morgan fingerprint density at radius 1 is 1.21 bits per heavy atom. The van der Waals surface area contributed by atoms with E-state index in [1.54, 1.807) is 18.2 Å². The first-order valence-electron chi connectivity index (χ1n) is 5.41. The molecule has 0 atom stereocenters. The number of hydrogen-bond acceptors (Lipinski definition) is 2. The third-order valence-corrected chi connectivity index (χ3v) is 2.89. The van der Waals surface area contributed by atoms with Crippen LogP contribution in [0, 0.1) is 11.6 Å². The Hall–Kier alpha value is -1.75. The molecule has 0 spiro atoms. The minimum Gasteiger partial charge on any atom is -0.454 e. The standard InChI is InChI=1S/C14H9BrF2O2/c1-8(18)9-3-2-4-11(5-9)19-13-7-10(15)6-12(16)14(13)17/h2-7H,1H3. The van der Waals surface area contributed by atoms with E-state index in [9.17, 15) is 13.6 Å². The normalized spacial score (nSPS) is 10.3. The van der Waals surface area contributed by atoms with Gasteiger partial charge in [-0.25, -0.2) is 4.39 Å². The molecule has 2 rings (SSSR count). The fourth-order valence-corrected chi connectivity index (χ4v) is 1.92. The molecule has 0 heterocycles. The Balaban J connectivity index is 2.36. The van der Waals surface area contributed by atoms with Gasteiger partial charge in [-0.3, -0.25) is 4.79 Å². The number of benzene rings is 2. The lowest BCUT2D eigenvalue weighted by atomic mass is 10.1. The number of hydrogen-bond donors (Lipinski definition) is 0. The lowest BCUT2D eigenvalue weighted by Crippen LogP contribution is -1.95. The molecule has 2 aromatic carbocycles. The molecular formula is C14H9BrF2O2. The molecule has 0 aliphatic carbocycles. The van der Waals surface area contributed by atoms with E-state index >= 15 is 0 Å². The molecule has 0 aliphatic rings. The average Bonchev–Trinajstić information content (AvgIpc) is 2.35. The summed E-state index contributed by atoms with van der Waals surface area (Å²) >= 11 is 3.06. The maximum absolute atomic E-state index is 13.5. The highest BCUT2D eigenvalue weighted by Crippen LogP contribution is 2.29. The summed E-state index contributed by atoms with van der Waals surface area (Å²) in [4.78, 5) is 11.2. The lowest BCUT2D eigenvalue weighted by Gasteiger charge is -2.08. The van der Waals surface area contributed by atoms with Crippen molar-refractivity contribution in [3.63, 3.8) is 0 Å². The van der Waals surface area contributed by atoms with Gasteiger partial charge in [0, 0.05) is 10.0 Å². The van der Waals surface area contributed by atoms with Crippen molar-refractivity contribution in [3.05, 3.63) is 58.1 Å². The van der Waals surface area contributed by atoms with Crippen LogP contribution in [0.3, 0.4) is 0 Å². The Labute approximate surface area is 117 Å². The van der Waals surface area contributed by atoms with E-state index in [4.69, 9.17) is 4.74 Å². The number of halogens is 3. The third kappa shape index (κ3) is 3.17. The van der Waals surface area contributed by atoms with Crippen molar-refractivity contribution in [1.29, 1.82) is 0 Å². The maximum Gasteiger partial charge on any atom is 0.201 e. The molecule has 5 heteroatoms. The second-order valence-corrected chi connectivity index (χ2v) is 4.80. The minimum absolute atomic E-state index is 0.133. The predicted octanol–water partition coefficient (Wildman–Crippen LogP) is 4.72. The van der Waals surface area contributed by atoms with E-state index in [0.717, 1.165) is 6.07 Å². The van der Waals surface area contributed by atoms with Gasteiger partial charge in [-0.05, 0) is 31.2 Å². The molecule has 0 amide bonds. The fourth-order valence-electron chi connectivity index (χ4n) is 1.51. The van der Waals surface area contributed by atoms with Crippen LogP contribution in [0.5, 0.6) is 11.5 Å². The van der Waals surface area contributed by atoms with Gasteiger partial charge in [0.05, 0.1) is 0 Å². The number of carbonyl (C=O) groups is 1. The average molecular weight is 327 g/mol. The summed E-state index contributed by atoms with van der Waals surface area (Å²) in [5.74, 6) is -2.19. The van der Waals surface area contributed by atoms with Crippen molar-refractivity contribution in [2.45, 2.75) is 6.92 Å². The second kappa shape index (κ2) is 5.48. The van der Waals surface area contributed by atoms with Gasteiger partial charge in [-0.1, -0.05) is 28.1 Å². The number of carbonyl (C=O) groups excluding carboxylic acids is 1. The Morgan fingerprint density at radius 3 is 2.63 bits per heavy atom. The topological polar surface area (TPSA) is 26.3 Å². The van der Waals surface area contributed by atoms with Gasteiger partial charge in [-0.2, -0.15) is 4.39 Å². The molecule has 0 radical (unpaired) electrons. The molecule has 0 unspecified atom stereocenters. The first-order chi connectivity index (χ1) is 8.97. The SMILES string of the molecule is CC(=O)c1cccc(Oc2cc(Br)cc(F)c2F)c1. The van der Waals surface area contributed by atoms with Crippen molar-refractivity contribution in [2.75, 3.05) is 0 Å². The zero-order valence-electron chi connectivity index (χ0n) is 9.91. The van der Waals surface area contributed by atoms with Crippen LogP contribution >= 0.6 is 15.9 Å². The van der Waals surface area contributed by atoms with E-state index in [-0.39, 0.29) is 17.3 Å². The highest BCUT2D eigenvalue weighted by atomic mass is 79.9. The molecule has 2 nitrogen and oxygen atoms in total. The van der Waals surface area contributed by atoms with Crippen LogP contribution in [0.25, 0.3) is 0 Å². The number of rotatable bonds is 3. The van der Waals surface area contributed by atoms with Gasteiger partial charge in [0.15, 0.2) is 17.3 Å². The molecule has 0 N–H and O–H groups in total. The summed E-state index contributed by atoms with van der Waals surface area (Å²) in [6.45, 7) is 1.42. The highest BCUT2D eigenvalue weighted by molar-refractivity contribution is 9.10. The van der Waals surface area contributed by atoms with Crippen LogP contribution < -0.4 is 4.74 Å². The van der Waals surface area contributed by atoms with Gasteiger partial charge >= 0.3 is 0 Å². The van der Waals surface area contributed by atoms with Crippen molar-refractivity contribution < 1.29 is 18.3 Å². The zero-order chi connectivity index (χ0) is 14.0. The largest absolute Gasteiger partial charge is 0.454 e. The zero-order valence-corrected chi connectivity index (χ0v) is 11.5. The van der Waals surface area contributed by atoms with Gasteiger partial charge in [0.2, 0.25) is 5.82 Å². The summed E-state index contributed by atoms with van der Waals surface area (Å²) in [6, 6.07) is 8.59. The van der Waals surface area contributed by atoms with Crippen LogP contribution in [0.2, 0.25) is 0 Å². The van der Waals surface area contributed by atoms with Gasteiger partial charge in [0.1, 0.15) is 5.75 Å².